The minimum absolute atomic E-state index is 0. The molecule has 9 nitrogen and oxygen atoms in total. The molecule has 2 aliphatic heterocycles. The molecule has 2 heterocycles. The molecule has 2 aliphatic rings. The molecule has 11 heteroatoms. The quantitative estimate of drug-likeness (QED) is 0.538. The average Bonchev–Trinajstić information content (AvgIpc) is 2.84. The van der Waals surface area contributed by atoms with E-state index in [1.54, 1.807) is 19.2 Å². The summed E-state index contributed by atoms with van der Waals surface area (Å²) in [5.41, 5.74) is 1.23. The standard InChI is InChI=1S/C24H31N5O4S.ClH/c1-18(30)28-20-7-9-21(10-8-20)34(31,32)29-15-11-24(12-16-29)23(25-13-14-27-24)26-17-19-5-3-4-6-22(19)33-2;/h3-10,27H,11-17H2,1-2H3,(H,25,26)(H,28,30);1H. The molecule has 2 aromatic carbocycles. The number of sulfonamides is 1. The number of anilines is 1. The molecule has 35 heavy (non-hydrogen) atoms. The number of hydrogen-bond acceptors (Lipinski definition) is 7. The van der Waals surface area contributed by atoms with Crippen LogP contribution in [0.15, 0.2) is 58.4 Å². The van der Waals surface area contributed by atoms with E-state index in [9.17, 15) is 13.2 Å². The van der Waals surface area contributed by atoms with Crippen LogP contribution >= 0.6 is 12.4 Å². The predicted molar refractivity (Wildman–Crippen MR) is 139 cm³/mol. The van der Waals surface area contributed by atoms with Crippen molar-refractivity contribution < 1.29 is 17.9 Å². The third kappa shape index (κ3) is 5.95. The zero-order chi connectivity index (χ0) is 24.2. The van der Waals surface area contributed by atoms with Crippen molar-refractivity contribution in [2.24, 2.45) is 4.99 Å². The number of amides is 1. The van der Waals surface area contributed by atoms with Crippen LogP contribution in [-0.4, -0.2) is 63.3 Å². The van der Waals surface area contributed by atoms with E-state index in [2.05, 4.69) is 16.0 Å². The first kappa shape index (κ1) is 26.9. The molecule has 190 valence electrons. The number of methoxy groups -OCH3 is 1. The number of ether oxygens (including phenoxy) is 1. The van der Waals surface area contributed by atoms with Gasteiger partial charge in [0.05, 0.1) is 24.1 Å². The smallest absolute Gasteiger partial charge is 0.243 e. The van der Waals surface area contributed by atoms with E-state index in [1.807, 2.05) is 24.3 Å². The summed E-state index contributed by atoms with van der Waals surface area (Å²) in [6, 6.07) is 14.1. The molecule has 1 fully saturated rings. The number of aliphatic imine (C=N–C) groups is 1. The summed E-state index contributed by atoms with van der Waals surface area (Å²) in [5.74, 6) is 1.49. The molecule has 0 radical (unpaired) electrons. The first-order chi connectivity index (χ1) is 16.3. The number of halogens is 1. The van der Waals surface area contributed by atoms with Crippen molar-refractivity contribution in [3.63, 3.8) is 0 Å². The zero-order valence-corrected chi connectivity index (χ0v) is 21.5. The van der Waals surface area contributed by atoms with Crippen LogP contribution < -0.4 is 20.7 Å². The Morgan fingerprint density at radius 3 is 2.49 bits per heavy atom. The summed E-state index contributed by atoms with van der Waals surface area (Å²) in [6.07, 6.45) is 1.24. The lowest BCUT2D eigenvalue weighted by Gasteiger charge is -2.44. The second-order valence-corrected chi connectivity index (χ2v) is 10.5. The van der Waals surface area contributed by atoms with Gasteiger partial charge in [-0.05, 0) is 43.2 Å². The van der Waals surface area contributed by atoms with Crippen LogP contribution in [0.3, 0.4) is 0 Å². The second-order valence-electron chi connectivity index (χ2n) is 8.51. The maximum atomic E-state index is 13.2. The van der Waals surface area contributed by atoms with Gasteiger partial charge in [0.25, 0.3) is 0 Å². The molecule has 3 N–H and O–H groups in total. The van der Waals surface area contributed by atoms with E-state index in [0.29, 0.717) is 44.7 Å². The van der Waals surface area contributed by atoms with Crippen molar-refractivity contribution in [2.45, 2.75) is 36.7 Å². The van der Waals surface area contributed by atoms with Gasteiger partial charge in [-0.25, -0.2) is 8.42 Å². The van der Waals surface area contributed by atoms with Gasteiger partial charge in [-0.1, -0.05) is 18.2 Å². The van der Waals surface area contributed by atoms with E-state index in [-0.39, 0.29) is 28.7 Å². The van der Waals surface area contributed by atoms with E-state index in [4.69, 9.17) is 9.73 Å². The molecule has 0 bridgehead atoms. The molecule has 0 aliphatic carbocycles. The lowest BCUT2D eigenvalue weighted by atomic mass is 9.85. The maximum Gasteiger partial charge on any atom is 0.243 e. The van der Waals surface area contributed by atoms with Crippen LogP contribution in [0.5, 0.6) is 5.75 Å². The van der Waals surface area contributed by atoms with E-state index in [0.717, 1.165) is 23.7 Å². The minimum atomic E-state index is -3.63. The first-order valence-corrected chi connectivity index (χ1v) is 12.8. The Kier molecular flexibility index (Phi) is 8.76. The fraction of sp³-hybridized carbons (Fsp3) is 0.417. The molecule has 0 atom stereocenters. The maximum absolute atomic E-state index is 13.2. The fourth-order valence-electron chi connectivity index (χ4n) is 4.54. The minimum Gasteiger partial charge on any atom is -0.496 e. The fourth-order valence-corrected chi connectivity index (χ4v) is 5.98. The number of rotatable bonds is 6. The second kappa shape index (κ2) is 11.4. The summed E-state index contributed by atoms with van der Waals surface area (Å²) in [7, 11) is -1.97. The number of piperidine rings is 1. The monoisotopic (exact) mass is 521 g/mol. The Morgan fingerprint density at radius 1 is 1.14 bits per heavy atom. The normalized spacial score (nSPS) is 17.7. The molecule has 1 spiro atoms. The van der Waals surface area contributed by atoms with Gasteiger partial charge < -0.3 is 20.7 Å². The van der Waals surface area contributed by atoms with Crippen molar-refractivity contribution in [3.05, 3.63) is 54.1 Å². The Bertz CT molecular complexity index is 1160. The highest BCUT2D eigenvalue weighted by Gasteiger charge is 2.43. The van der Waals surface area contributed by atoms with Crippen LogP contribution in [0, 0.1) is 0 Å². The Balaban J connectivity index is 0.00000342. The van der Waals surface area contributed by atoms with E-state index >= 15 is 0 Å². The topological polar surface area (TPSA) is 112 Å². The Labute approximate surface area is 212 Å². The van der Waals surface area contributed by atoms with Crippen LogP contribution in [0.4, 0.5) is 5.69 Å². The van der Waals surface area contributed by atoms with Gasteiger partial charge in [0.15, 0.2) is 0 Å². The Hall–Kier alpha value is -2.66. The summed E-state index contributed by atoms with van der Waals surface area (Å²) >= 11 is 0. The molecule has 1 amide bonds. The predicted octanol–water partition coefficient (Wildman–Crippen LogP) is 2.39. The number of benzene rings is 2. The summed E-state index contributed by atoms with van der Waals surface area (Å²) < 4.78 is 33.4. The van der Waals surface area contributed by atoms with Crippen molar-refractivity contribution in [1.29, 1.82) is 0 Å². The molecule has 0 unspecified atom stereocenters. The van der Waals surface area contributed by atoms with Crippen LogP contribution in [-0.2, 0) is 21.4 Å². The third-order valence-corrected chi connectivity index (χ3v) is 8.24. The molecule has 0 saturated carbocycles. The van der Waals surface area contributed by atoms with Gasteiger partial charge in [-0.3, -0.25) is 9.79 Å². The first-order valence-electron chi connectivity index (χ1n) is 11.4. The highest BCUT2D eigenvalue weighted by Crippen LogP contribution is 2.29. The van der Waals surface area contributed by atoms with Gasteiger partial charge in [-0.2, -0.15) is 4.31 Å². The van der Waals surface area contributed by atoms with Crippen molar-refractivity contribution in [3.8, 4) is 5.75 Å². The zero-order valence-electron chi connectivity index (χ0n) is 19.9. The summed E-state index contributed by atoms with van der Waals surface area (Å²) in [4.78, 5) is 16.2. The lowest BCUT2D eigenvalue weighted by Crippen LogP contribution is -2.64. The Morgan fingerprint density at radius 2 is 1.83 bits per heavy atom. The number of nitrogens with zero attached hydrogens (tertiary/aromatic N) is 2. The summed E-state index contributed by atoms with van der Waals surface area (Å²) in [6.45, 7) is 4.21. The lowest BCUT2D eigenvalue weighted by molar-refractivity contribution is -0.114. The van der Waals surface area contributed by atoms with Crippen molar-refractivity contribution >= 4 is 39.9 Å². The number of hydrogen-bond donors (Lipinski definition) is 3. The van der Waals surface area contributed by atoms with Crippen molar-refractivity contribution in [1.82, 2.24) is 14.9 Å². The van der Waals surface area contributed by atoms with Gasteiger partial charge in [0, 0.05) is 44.4 Å². The largest absolute Gasteiger partial charge is 0.496 e. The third-order valence-electron chi connectivity index (χ3n) is 6.33. The highest BCUT2D eigenvalue weighted by molar-refractivity contribution is 7.89. The van der Waals surface area contributed by atoms with E-state index in [1.165, 1.54) is 23.4 Å². The van der Waals surface area contributed by atoms with Crippen LogP contribution in [0.2, 0.25) is 0 Å². The van der Waals surface area contributed by atoms with Crippen molar-refractivity contribution in [2.75, 3.05) is 38.6 Å². The average molecular weight is 522 g/mol. The molecular weight excluding hydrogens is 490 g/mol. The highest BCUT2D eigenvalue weighted by atomic mass is 35.5. The molecule has 0 aromatic heterocycles. The number of carbonyl (C=O) groups is 1. The van der Waals surface area contributed by atoms with Crippen LogP contribution in [0.1, 0.15) is 25.3 Å². The molecular formula is C24H32ClN5O4S. The number of carbonyl (C=O) groups excluding carboxylic acids is 1. The number of nitrogens with one attached hydrogen (secondary N) is 3. The molecule has 4 rings (SSSR count). The summed E-state index contributed by atoms with van der Waals surface area (Å²) in [5, 5.41) is 9.74. The molecule has 2 aromatic rings. The van der Waals surface area contributed by atoms with Gasteiger partial charge in [0.1, 0.15) is 11.6 Å². The van der Waals surface area contributed by atoms with Gasteiger partial charge >= 0.3 is 0 Å². The number of para-hydroxylation sites is 1. The van der Waals surface area contributed by atoms with Gasteiger partial charge in [0.2, 0.25) is 15.9 Å². The SMILES string of the molecule is COc1ccccc1CNC1=NCCNC12CCN(S(=O)(=O)c1ccc(NC(C)=O)cc1)CC2.Cl. The van der Waals surface area contributed by atoms with Crippen LogP contribution in [0.25, 0.3) is 0 Å². The molecule has 1 saturated heterocycles. The van der Waals surface area contributed by atoms with Gasteiger partial charge in [-0.15, -0.1) is 12.4 Å². The van der Waals surface area contributed by atoms with E-state index < -0.39 is 10.0 Å². The number of amidine groups is 1.